The quantitative estimate of drug-likeness (QED) is 0.403. The SMILES string of the molecule is c1ccc(-n2c3[n+](c4c2cc2ccccn24)Cc2ccccc2-3)cc1. The molecule has 3 heteroatoms. The molecular formula is C22H16N3+. The highest BCUT2D eigenvalue weighted by Gasteiger charge is 2.34. The zero-order valence-corrected chi connectivity index (χ0v) is 13.6. The maximum Gasteiger partial charge on any atom is 0.274 e. The molecule has 3 aromatic heterocycles. The van der Waals surface area contributed by atoms with Gasteiger partial charge in [-0.15, -0.1) is 0 Å². The number of rotatable bonds is 1. The number of nitrogens with zero attached hydrogens (tertiary/aromatic N) is 3. The molecule has 118 valence electrons. The smallest absolute Gasteiger partial charge is 0.230 e. The van der Waals surface area contributed by atoms with Gasteiger partial charge in [-0.2, -0.15) is 0 Å². The summed E-state index contributed by atoms with van der Waals surface area (Å²) in [6.07, 6.45) is 2.16. The normalized spacial score (nSPS) is 12.6. The van der Waals surface area contributed by atoms with Crippen molar-refractivity contribution in [2.24, 2.45) is 0 Å². The van der Waals surface area contributed by atoms with Crippen molar-refractivity contribution < 1.29 is 4.57 Å². The molecule has 0 aliphatic carbocycles. The van der Waals surface area contributed by atoms with Crippen LogP contribution in [0, 0.1) is 0 Å². The number of aromatic nitrogens is 3. The number of para-hydroxylation sites is 1. The third kappa shape index (κ3) is 1.62. The Morgan fingerprint density at radius 2 is 1.60 bits per heavy atom. The number of benzene rings is 2. The van der Waals surface area contributed by atoms with Crippen LogP contribution >= 0.6 is 0 Å². The van der Waals surface area contributed by atoms with Gasteiger partial charge >= 0.3 is 0 Å². The van der Waals surface area contributed by atoms with E-state index < -0.39 is 0 Å². The lowest BCUT2D eigenvalue weighted by Gasteiger charge is -2.03. The molecule has 0 bridgehead atoms. The van der Waals surface area contributed by atoms with Gasteiger partial charge in [0.15, 0.2) is 5.52 Å². The van der Waals surface area contributed by atoms with Crippen molar-refractivity contribution in [2.45, 2.75) is 6.54 Å². The summed E-state index contributed by atoms with van der Waals surface area (Å²) in [5, 5.41) is 0. The summed E-state index contributed by atoms with van der Waals surface area (Å²) in [4.78, 5) is 0. The summed E-state index contributed by atoms with van der Waals surface area (Å²) in [5.41, 5.74) is 7.65. The van der Waals surface area contributed by atoms with Gasteiger partial charge in [-0.25, -0.2) is 13.5 Å². The Morgan fingerprint density at radius 3 is 2.52 bits per heavy atom. The third-order valence-electron chi connectivity index (χ3n) is 5.20. The molecule has 0 radical (unpaired) electrons. The highest BCUT2D eigenvalue weighted by Crippen LogP contribution is 2.34. The van der Waals surface area contributed by atoms with E-state index in [0.717, 1.165) is 6.54 Å². The molecule has 0 atom stereocenters. The van der Waals surface area contributed by atoms with E-state index in [1.165, 1.54) is 39.3 Å². The van der Waals surface area contributed by atoms with E-state index in [-0.39, 0.29) is 0 Å². The van der Waals surface area contributed by atoms with Crippen LogP contribution in [0.2, 0.25) is 0 Å². The van der Waals surface area contributed by atoms with Gasteiger partial charge in [0.25, 0.3) is 5.65 Å². The maximum absolute atomic E-state index is 2.44. The third-order valence-corrected chi connectivity index (χ3v) is 5.20. The first-order valence-electron chi connectivity index (χ1n) is 8.60. The summed E-state index contributed by atoms with van der Waals surface area (Å²) >= 11 is 0. The second-order valence-electron chi connectivity index (χ2n) is 6.59. The van der Waals surface area contributed by atoms with Crippen LogP contribution in [0.4, 0.5) is 0 Å². The van der Waals surface area contributed by atoms with Gasteiger partial charge < -0.3 is 0 Å². The minimum atomic E-state index is 0.919. The second kappa shape index (κ2) is 4.61. The molecule has 1 aliphatic rings. The van der Waals surface area contributed by atoms with E-state index in [1.54, 1.807) is 0 Å². The van der Waals surface area contributed by atoms with Gasteiger partial charge in [0.2, 0.25) is 5.82 Å². The predicted octanol–water partition coefficient (Wildman–Crippen LogP) is 4.20. The highest BCUT2D eigenvalue weighted by atomic mass is 15.2. The lowest BCUT2D eigenvalue weighted by atomic mass is 10.1. The number of hydrogen-bond donors (Lipinski definition) is 0. The van der Waals surface area contributed by atoms with Gasteiger partial charge in [0.1, 0.15) is 11.2 Å². The zero-order chi connectivity index (χ0) is 16.4. The summed E-state index contributed by atoms with van der Waals surface area (Å²) in [6.45, 7) is 0.919. The highest BCUT2D eigenvalue weighted by molar-refractivity contribution is 5.85. The van der Waals surface area contributed by atoms with Crippen LogP contribution in [0.1, 0.15) is 5.56 Å². The van der Waals surface area contributed by atoms with Crippen LogP contribution in [0.25, 0.3) is 33.8 Å². The van der Waals surface area contributed by atoms with Crippen molar-refractivity contribution in [1.29, 1.82) is 0 Å². The molecule has 5 aromatic rings. The molecule has 0 N–H and O–H groups in total. The summed E-state index contributed by atoms with van der Waals surface area (Å²) in [5.74, 6) is 1.27. The Morgan fingerprint density at radius 1 is 0.800 bits per heavy atom. The van der Waals surface area contributed by atoms with Crippen LogP contribution in [-0.2, 0) is 6.54 Å². The molecule has 25 heavy (non-hydrogen) atoms. The number of imidazole rings is 1. The minimum absolute atomic E-state index is 0.919. The lowest BCUT2D eigenvalue weighted by Crippen LogP contribution is -2.32. The summed E-state index contributed by atoms with van der Waals surface area (Å²) in [7, 11) is 0. The average molecular weight is 322 g/mol. The van der Waals surface area contributed by atoms with Crippen molar-refractivity contribution in [3.63, 3.8) is 0 Å². The van der Waals surface area contributed by atoms with Crippen LogP contribution in [-0.4, -0.2) is 8.97 Å². The lowest BCUT2D eigenvalue weighted by molar-refractivity contribution is -0.648. The van der Waals surface area contributed by atoms with Crippen molar-refractivity contribution >= 4 is 16.7 Å². The Hall–Kier alpha value is -3.33. The fourth-order valence-corrected chi connectivity index (χ4v) is 4.16. The Kier molecular flexibility index (Phi) is 2.40. The summed E-state index contributed by atoms with van der Waals surface area (Å²) in [6, 6.07) is 28.0. The molecule has 0 spiro atoms. The summed E-state index contributed by atoms with van der Waals surface area (Å²) < 4.78 is 7.14. The van der Waals surface area contributed by atoms with Crippen LogP contribution < -0.4 is 4.57 Å². The molecule has 4 heterocycles. The van der Waals surface area contributed by atoms with Crippen LogP contribution in [0.3, 0.4) is 0 Å². The topological polar surface area (TPSA) is 13.2 Å². The number of pyridine rings is 1. The Labute approximate surface area is 145 Å². The molecule has 1 aliphatic heterocycles. The van der Waals surface area contributed by atoms with E-state index in [4.69, 9.17) is 0 Å². The first-order chi connectivity index (χ1) is 12.4. The molecule has 0 unspecified atom stereocenters. The fourth-order valence-electron chi connectivity index (χ4n) is 4.16. The molecular weight excluding hydrogens is 306 g/mol. The predicted molar refractivity (Wildman–Crippen MR) is 99.0 cm³/mol. The number of hydrogen-bond acceptors (Lipinski definition) is 0. The molecule has 0 saturated carbocycles. The Balaban J connectivity index is 1.83. The van der Waals surface area contributed by atoms with Gasteiger partial charge in [-0.3, -0.25) is 0 Å². The molecule has 0 saturated heterocycles. The molecule has 6 rings (SSSR count). The largest absolute Gasteiger partial charge is 0.274 e. The van der Waals surface area contributed by atoms with Crippen molar-refractivity contribution in [1.82, 2.24) is 8.97 Å². The molecule has 2 aromatic carbocycles. The van der Waals surface area contributed by atoms with E-state index in [1.807, 2.05) is 0 Å². The first kappa shape index (κ1) is 13.0. The Bertz CT molecular complexity index is 1260. The molecule has 0 amide bonds. The van der Waals surface area contributed by atoms with Crippen molar-refractivity contribution in [3.8, 4) is 17.1 Å². The van der Waals surface area contributed by atoms with Crippen molar-refractivity contribution in [2.75, 3.05) is 0 Å². The van der Waals surface area contributed by atoms with Gasteiger partial charge in [0.05, 0.1) is 18.3 Å². The van der Waals surface area contributed by atoms with Crippen molar-refractivity contribution in [3.05, 3.63) is 90.6 Å². The molecule has 0 fully saturated rings. The maximum atomic E-state index is 2.44. The zero-order valence-electron chi connectivity index (χ0n) is 13.6. The van der Waals surface area contributed by atoms with Crippen LogP contribution in [0.5, 0.6) is 0 Å². The van der Waals surface area contributed by atoms with Crippen LogP contribution in [0.15, 0.2) is 85.1 Å². The second-order valence-corrected chi connectivity index (χ2v) is 6.59. The molecule has 3 nitrogen and oxygen atoms in total. The number of fused-ring (bicyclic) bond motifs is 7. The van der Waals surface area contributed by atoms with E-state index in [9.17, 15) is 0 Å². The average Bonchev–Trinajstić information content (AvgIpc) is 3.29. The minimum Gasteiger partial charge on any atom is -0.230 e. The van der Waals surface area contributed by atoms with Gasteiger partial charge in [-0.1, -0.05) is 42.5 Å². The van der Waals surface area contributed by atoms with E-state index in [2.05, 4.69) is 98.6 Å². The standard InChI is InChI=1S/C22H16N3/c1-2-9-17(10-3-1)25-20-14-18-11-6-7-13-23(18)22(20)24-15-16-8-4-5-12-19(16)21(24)25/h1-14H,15H2/q+1. The van der Waals surface area contributed by atoms with Gasteiger partial charge in [0, 0.05) is 11.6 Å². The fraction of sp³-hybridized carbons (Fsp3) is 0.0455. The monoisotopic (exact) mass is 322 g/mol. The van der Waals surface area contributed by atoms with Gasteiger partial charge in [-0.05, 0) is 30.3 Å². The van der Waals surface area contributed by atoms with E-state index >= 15 is 0 Å². The first-order valence-corrected chi connectivity index (χ1v) is 8.60. The van der Waals surface area contributed by atoms with E-state index in [0.29, 0.717) is 0 Å².